The Morgan fingerprint density at radius 2 is 1.73 bits per heavy atom. The number of carbonyl (C=O) groups excluding carboxylic acids is 1. The summed E-state index contributed by atoms with van der Waals surface area (Å²) in [5.74, 6) is -0.317. The third kappa shape index (κ3) is 3.51. The van der Waals surface area contributed by atoms with Crippen LogP contribution in [0.3, 0.4) is 0 Å². The number of rotatable bonds is 6. The Hall–Kier alpha value is -1.84. The summed E-state index contributed by atoms with van der Waals surface area (Å²) in [5.41, 5.74) is 7.18. The summed E-state index contributed by atoms with van der Waals surface area (Å²) in [6.45, 7) is 6.44. The van der Waals surface area contributed by atoms with Crippen molar-refractivity contribution in [3.8, 4) is 0 Å². The molecule has 1 aliphatic heterocycles. The van der Waals surface area contributed by atoms with Gasteiger partial charge in [0.15, 0.2) is 0 Å². The maximum Gasteiger partial charge on any atom is 0.232 e. The quantitative estimate of drug-likeness (QED) is 0.820. The van der Waals surface area contributed by atoms with Crippen LogP contribution in [0.5, 0.6) is 0 Å². The van der Waals surface area contributed by atoms with Crippen molar-refractivity contribution in [2.24, 2.45) is 5.73 Å². The van der Waals surface area contributed by atoms with Gasteiger partial charge in [-0.2, -0.15) is 0 Å². The molecule has 0 aliphatic carbocycles. The van der Waals surface area contributed by atoms with Gasteiger partial charge in [-0.15, -0.1) is 0 Å². The van der Waals surface area contributed by atoms with Gasteiger partial charge in [0.1, 0.15) is 0 Å². The van der Waals surface area contributed by atoms with E-state index in [1.807, 2.05) is 54.6 Å². The summed E-state index contributed by atoms with van der Waals surface area (Å²) in [5, 5.41) is 0.654. The summed E-state index contributed by atoms with van der Waals surface area (Å²) >= 11 is 6.08. The van der Waals surface area contributed by atoms with E-state index < -0.39 is 5.41 Å². The Labute approximate surface area is 161 Å². The maximum atomic E-state index is 12.8. The second-order valence-electron chi connectivity index (χ2n) is 7.80. The highest BCUT2D eigenvalue weighted by atomic mass is 35.5. The number of nitrogens with two attached hydrogens (primary N) is 1. The molecule has 1 unspecified atom stereocenters. The van der Waals surface area contributed by atoms with Gasteiger partial charge in [-0.25, -0.2) is 0 Å². The van der Waals surface area contributed by atoms with Gasteiger partial charge in [-0.1, -0.05) is 54.1 Å². The third-order valence-corrected chi connectivity index (χ3v) is 6.11. The van der Waals surface area contributed by atoms with Crippen molar-refractivity contribution in [3.05, 3.63) is 70.7 Å². The molecule has 1 atom stereocenters. The van der Waals surface area contributed by atoms with Crippen LogP contribution in [0.1, 0.15) is 44.2 Å². The molecule has 138 valence electrons. The van der Waals surface area contributed by atoms with E-state index in [9.17, 15) is 4.79 Å². The van der Waals surface area contributed by atoms with E-state index in [0.717, 1.165) is 24.2 Å². The molecule has 1 heterocycles. The molecule has 1 aliphatic rings. The first-order chi connectivity index (χ1) is 12.4. The second-order valence-corrected chi connectivity index (χ2v) is 8.23. The zero-order valence-corrected chi connectivity index (χ0v) is 16.3. The van der Waals surface area contributed by atoms with Crippen molar-refractivity contribution in [1.29, 1.82) is 0 Å². The van der Waals surface area contributed by atoms with E-state index in [4.69, 9.17) is 17.3 Å². The Morgan fingerprint density at radius 3 is 2.27 bits per heavy atom. The highest BCUT2D eigenvalue weighted by Gasteiger charge is 2.42. The van der Waals surface area contributed by atoms with Gasteiger partial charge in [0.2, 0.25) is 5.91 Å². The molecule has 4 heteroatoms. The molecular weight excluding hydrogens is 344 g/mol. The van der Waals surface area contributed by atoms with E-state index >= 15 is 0 Å². The van der Waals surface area contributed by atoms with Crippen LogP contribution in [0.25, 0.3) is 0 Å². The van der Waals surface area contributed by atoms with E-state index in [1.165, 1.54) is 12.8 Å². The van der Waals surface area contributed by atoms with Crippen molar-refractivity contribution >= 4 is 17.5 Å². The van der Waals surface area contributed by atoms with Gasteiger partial charge in [-0.3, -0.25) is 9.69 Å². The van der Waals surface area contributed by atoms with Crippen molar-refractivity contribution < 1.29 is 4.79 Å². The Bertz CT molecular complexity index is 757. The molecule has 2 aromatic carbocycles. The highest BCUT2D eigenvalue weighted by Crippen LogP contribution is 2.38. The van der Waals surface area contributed by atoms with Crippen LogP contribution < -0.4 is 5.73 Å². The average molecular weight is 371 g/mol. The predicted molar refractivity (Wildman–Crippen MR) is 107 cm³/mol. The van der Waals surface area contributed by atoms with Gasteiger partial charge in [0.05, 0.1) is 5.41 Å². The molecule has 0 aromatic heterocycles. The van der Waals surface area contributed by atoms with Gasteiger partial charge in [0, 0.05) is 17.1 Å². The first kappa shape index (κ1) is 18.9. The van der Waals surface area contributed by atoms with Crippen LogP contribution >= 0.6 is 11.6 Å². The lowest BCUT2D eigenvalue weighted by Crippen LogP contribution is -2.47. The minimum absolute atomic E-state index is 0.167. The van der Waals surface area contributed by atoms with Gasteiger partial charge >= 0.3 is 0 Å². The number of carbonyl (C=O) groups is 1. The molecular formula is C22H27ClN2O. The first-order valence-electron chi connectivity index (χ1n) is 9.23. The largest absolute Gasteiger partial charge is 0.369 e. The lowest BCUT2D eigenvalue weighted by Gasteiger charge is -2.37. The van der Waals surface area contributed by atoms with Crippen LogP contribution in [0.4, 0.5) is 0 Å². The van der Waals surface area contributed by atoms with Crippen LogP contribution in [0, 0.1) is 0 Å². The van der Waals surface area contributed by atoms with E-state index in [-0.39, 0.29) is 11.4 Å². The van der Waals surface area contributed by atoms with Crippen molar-refractivity contribution in [2.75, 3.05) is 13.1 Å². The Balaban J connectivity index is 2.03. The molecule has 0 radical (unpaired) electrons. The standard InChI is InChI=1S/C22H27ClN2O/c1-21(2)13-6-15-25(21)16-14-22(20(24)26,17-7-4-3-5-8-17)18-9-11-19(23)12-10-18/h3-5,7-12H,6,13-16H2,1-2H3,(H2,24,26). The van der Waals surface area contributed by atoms with E-state index in [1.54, 1.807) is 0 Å². The lowest BCUT2D eigenvalue weighted by atomic mass is 9.71. The molecule has 1 fully saturated rings. The first-order valence-corrected chi connectivity index (χ1v) is 9.60. The van der Waals surface area contributed by atoms with E-state index in [0.29, 0.717) is 11.4 Å². The molecule has 1 amide bonds. The lowest BCUT2D eigenvalue weighted by molar-refractivity contribution is -0.122. The summed E-state index contributed by atoms with van der Waals surface area (Å²) in [7, 11) is 0. The molecule has 26 heavy (non-hydrogen) atoms. The molecule has 1 saturated heterocycles. The number of hydrogen-bond acceptors (Lipinski definition) is 2. The summed E-state index contributed by atoms with van der Waals surface area (Å²) in [6.07, 6.45) is 3.03. The third-order valence-electron chi connectivity index (χ3n) is 5.85. The molecule has 2 aromatic rings. The topological polar surface area (TPSA) is 46.3 Å². The smallest absolute Gasteiger partial charge is 0.232 e. The fourth-order valence-corrected chi connectivity index (χ4v) is 4.33. The average Bonchev–Trinajstić information content (AvgIpc) is 2.96. The second kappa shape index (κ2) is 7.42. The molecule has 0 bridgehead atoms. The minimum atomic E-state index is -0.857. The Morgan fingerprint density at radius 1 is 1.12 bits per heavy atom. The predicted octanol–water partition coefficient (Wildman–Crippen LogP) is 4.38. The number of benzene rings is 2. The maximum absolute atomic E-state index is 12.8. The fraction of sp³-hybridized carbons (Fsp3) is 0.409. The zero-order chi connectivity index (χ0) is 18.8. The zero-order valence-electron chi connectivity index (χ0n) is 15.5. The molecule has 0 saturated carbocycles. The van der Waals surface area contributed by atoms with Crippen LogP contribution in [-0.2, 0) is 10.2 Å². The number of hydrogen-bond donors (Lipinski definition) is 1. The molecule has 3 nitrogen and oxygen atoms in total. The van der Waals surface area contributed by atoms with Gasteiger partial charge < -0.3 is 5.73 Å². The normalized spacial score (nSPS) is 19.2. The monoisotopic (exact) mass is 370 g/mol. The van der Waals surface area contributed by atoms with Gasteiger partial charge in [0.25, 0.3) is 0 Å². The number of primary amides is 1. The Kier molecular flexibility index (Phi) is 5.40. The molecule has 0 spiro atoms. The summed E-state index contributed by atoms with van der Waals surface area (Å²) < 4.78 is 0. The number of amides is 1. The van der Waals surface area contributed by atoms with Crippen molar-refractivity contribution in [1.82, 2.24) is 4.90 Å². The van der Waals surface area contributed by atoms with E-state index in [2.05, 4.69) is 18.7 Å². The van der Waals surface area contributed by atoms with Crippen LogP contribution in [0.2, 0.25) is 5.02 Å². The molecule has 2 N–H and O–H groups in total. The summed E-state index contributed by atoms with van der Waals surface area (Å²) in [4.78, 5) is 15.3. The number of halogens is 1. The minimum Gasteiger partial charge on any atom is -0.369 e. The summed E-state index contributed by atoms with van der Waals surface area (Å²) in [6, 6.07) is 17.4. The molecule has 3 rings (SSSR count). The van der Waals surface area contributed by atoms with Crippen LogP contribution in [0.15, 0.2) is 54.6 Å². The van der Waals surface area contributed by atoms with Gasteiger partial charge in [-0.05, 0) is 62.9 Å². The fourth-order valence-electron chi connectivity index (χ4n) is 4.20. The van der Waals surface area contributed by atoms with Crippen LogP contribution in [-0.4, -0.2) is 29.4 Å². The van der Waals surface area contributed by atoms with Crippen molar-refractivity contribution in [3.63, 3.8) is 0 Å². The number of likely N-dealkylation sites (tertiary alicyclic amines) is 1. The number of nitrogens with zero attached hydrogens (tertiary/aromatic N) is 1. The van der Waals surface area contributed by atoms with Crippen molar-refractivity contribution in [2.45, 2.75) is 44.1 Å². The highest BCUT2D eigenvalue weighted by molar-refractivity contribution is 6.30. The SMILES string of the molecule is CC1(C)CCCN1CCC(C(N)=O)(c1ccccc1)c1ccc(Cl)cc1.